The summed E-state index contributed by atoms with van der Waals surface area (Å²) < 4.78 is 13.3. The normalized spacial score (nSPS) is 25.4. The summed E-state index contributed by atoms with van der Waals surface area (Å²) in [6, 6.07) is 11.9. The van der Waals surface area contributed by atoms with E-state index in [9.17, 15) is 19.5 Å². The Kier molecular flexibility index (Phi) is 7.98. The first-order chi connectivity index (χ1) is 22.6. The van der Waals surface area contributed by atoms with E-state index in [2.05, 4.69) is 21.3 Å². The number of carbonyl (C=O) groups is 3. The molecule has 3 amide bonds. The van der Waals surface area contributed by atoms with Crippen molar-refractivity contribution in [1.82, 2.24) is 20.9 Å². The van der Waals surface area contributed by atoms with Crippen molar-refractivity contribution in [2.24, 2.45) is 11.8 Å². The molecule has 1 spiro atoms. The van der Waals surface area contributed by atoms with Gasteiger partial charge >= 0.3 is 0 Å². The Hall–Kier alpha value is -4.38. The van der Waals surface area contributed by atoms with Crippen LogP contribution in [0.25, 0.3) is 0 Å². The van der Waals surface area contributed by atoms with Crippen molar-refractivity contribution >= 4 is 23.4 Å². The summed E-state index contributed by atoms with van der Waals surface area (Å²) in [6.45, 7) is 7.36. The molecule has 1 fully saturated rings. The molecule has 11 heteroatoms. The molecule has 1 saturated carbocycles. The second kappa shape index (κ2) is 12.0. The number of hydrogen-bond donors (Lipinski definition) is 5. The largest absolute Gasteiger partial charge is 0.469 e. The van der Waals surface area contributed by atoms with Crippen molar-refractivity contribution in [1.29, 1.82) is 0 Å². The van der Waals surface area contributed by atoms with Gasteiger partial charge in [-0.15, -0.1) is 0 Å². The van der Waals surface area contributed by atoms with E-state index in [-0.39, 0.29) is 41.8 Å². The van der Waals surface area contributed by atoms with Crippen LogP contribution in [0.1, 0.15) is 105 Å². The monoisotopic (exact) mass is 641 g/mol. The molecule has 3 unspecified atom stereocenters. The van der Waals surface area contributed by atoms with Crippen LogP contribution in [-0.4, -0.2) is 52.2 Å². The van der Waals surface area contributed by atoms with E-state index in [0.29, 0.717) is 11.5 Å². The molecular formula is C36H43N5O6. The summed E-state index contributed by atoms with van der Waals surface area (Å²) in [4.78, 5) is 46.1. The maximum atomic E-state index is 14.2. The number of fused-ring (bicyclic) bond motifs is 4. The average molecular weight is 642 g/mol. The van der Waals surface area contributed by atoms with Gasteiger partial charge in [0.1, 0.15) is 29.4 Å². The molecule has 4 heterocycles. The maximum absolute atomic E-state index is 14.2. The van der Waals surface area contributed by atoms with Gasteiger partial charge in [0.15, 0.2) is 17.7 Å². The van der Waals surface area contributed by atoms with Crippen LogP contribution in [0.2, 0.25) is 0 Å². The Balaban J connectivity index is 1.42. The minimum Gasteiger partial charge on any atom is -0.469 e. The minimum absolute atomic E-state index is 0.0403. The lowest BCUT2D eigenvalue weighted by Gasteiger charge is -2.29. The van der Waals surface area contributed by atoms with Crippen LogP contribution in [-0.2, 0) is 21.4 Å². The molecule has 47 heavy (non-hydrogen) atoms. The predicted octanol–water partition coefficient (Wildman–Crippen LogP) is 4.09. The molecule has 1 aliphatic carbocycles. The number of carbonyl (C=O) groups excluding carboxylic acids is 3. The number of ether oxygens (including phenoxy) is 1. The molecule has 7 rings (SSSR count). The predicted molar refractivity (Wildman–Crippen MR) is 174 cm³/mol. The number of nitrogens with one attached hydrogen (secondary N) is 4. The lowest BCUT2D eigenvalue weighted by Crippen LogP contribution is -2.52. The molecule has 3 aromatic rings. The summed E-state index contributed by atoms with van der Waals surface area (Å²) in [7, 11) is 0. The molecule has 248 valence electrons. The Morgan fingerprint density at radius 1 is 1.00 bits per heavy atom. The van der Waals surface area contributed by atoms with Crippen molar-refractivity contribution in [2.75, 3.05) is 5.32 Å². The van der Waals surface area contributed by atoms with E-state index in [4.69, 9.17) is 14.1 Å². The fourth-order valence-corrected chi connectivity index (χ4v) is 7.52. The highest BCUT2D eigenvalue weighted by molar-refractivity contribution is 5.95. The Morgan fingerprint density at radius 3 is 2.51 bits per heavy atom. The van der Waals surface area contributed by atoms with E-state index >= 15 is 0 Å². The highest BCUT2D eigenvalue weighted by Gasteiger charge is 2.61. The molecule has 2 aromatic carbocycles. The van der Waals surface area contributed by atoms with Gasteiger partial charge in [-0.25, -0.2) is 4.98 Å². The van der Waals surface area contributed by atoms with Crippen molar-refractivity contribution in [3.05, 3.63) is 76.5 Å². The quantitative estimate of drug-likeness (QED) is 0.270. The smallest absolute Gasteiger partial charge is 0.273 e. The highest BCUT2D eigenvalue weighted by atomic mass is 16.5. The number of benzene rings is 2. The number of nitrogens with zero attached hydrogens (tertiary/aromatic N) is 1. The fourth-order valence-electron chi connectivity index (χ4n) is 7.52. The van der Waals surface area contributed by atoms with Gasteiger partial charge in [-0.1, -0.05) is 77.3 Å². The molecule has 4 bridgehead atoms. The molecular weight excluding hydrogens is 598 g/mol. The minimum atomic E-state index is -1.27. The summed E-state index contributed by atoms with van der Waals surface area (Å²) in [5, 5.41) is 23.1. The number of oxazole rings is 1. The zero-order valence-corrected chi connectivity index (χ0v) is 27.3. The number of aliphatic hydroxyl groups is 1. The van der Waals surface area contributed by atoms with Crippen LogP contribution in [0.4, 0.5) is 5.69 Å². The molecule has 11 nitrogen and oxygen atoms in total. The van der Waals surface area contributed by atoms with Crippen LogP contribution < -0.4 is 26.0 Å². The number of amides is 3. The standard InChI is InChI=1S/C36H43N5O6/c1-18(2)27-34-41-28(32(44)37-21-10-6-5-7-11-21)30(47-34)36-22-12-8-9-13-24(22)39-35(36)46-26-15-14-20(16-23(26)36)17-25(31(43)40-27)38-33(45)29(42)19(3)4/h8-9,12-16,18-19,21,25,27,29,35,39,42H,5-7,10-11,17H2,1-4H3,(H,37,44)(H,38,45)(H,40,43)/t25-,27-,29?,35?,36?/m0/s1. The van der Waals surface area contributed by atoms with Crippen molar-refractivity contribution in [3.63, 3.8) is 0 Å². The third-order valence-corrected chi connectivity index (χ3v) is 10.1. The van der Waals surface area contributed by atoms with Crippen LogP contribution in [0.3, 0.4) is 0 Å². The first-order valence-corrected chi connectivity index (χ1v) is 16.8. The Morgan fingerprint density at radius 2 is 1.77 bits per heavy atom. The molecule has 5 N–H and O–H groups in total. The molecule has 5 atom stereocenters. The van der Waals surface area contributed by atoms with Crippen LogP contribution in [0.5, 0.6) is 5.75 Å². The topological polar surface area (TPSA) is 155 Å². The molecule has 4 aliphatic rings. The van der Waals surface area contributed by atoms with Crippen LogP contribution in [0.15, 0.2) is 46.9 Å². The zero-order chi connectivity index (χ0) is 33.0. The zero-order valence-electron chi connectivity index (χ0n) is 27.3. The lowest BCUT2D eigenvalue weighted by atomic mass is 9.72. The van der Waals surface area contributed by atoms with Gasteiger partial charge < -0.3 is 35.5 Å². The molecule has 3 aliphatic heterocycles. The maximum Gasteiger partial charge on any atom is 0.273 e. The Labute approximate surface area is 274 Å². The highest BCUT2D eigenvalue weighted by Crippen LogP contribution is 2.58. The average Bonchev–Trinajstić information content (AvgIpc) is 3.72. The SMILES string of the molecule is CC(C)C(O)C(=O)N[C@H]1Cc2ccc3c(c2)C2(c4ccccc4NC2O3)c2oc(nc2C(=O)NC2CCCCC2)[C@H](C(C)C)NC1=O. The lowest BCUT2D eigenvalue weighted by molar-refractivity contribution is -0.135. The second-order valence-electron chi connectivity index (χ2n) is 14.0. The van der Waals surface area contributed by atoms with Gasteiger partial charge in [0.2, 0.25) is 17.7 Å². The summed E-state index contributed by atoms with van der Waals surface area (Å²) >= 11 is 0. The van der Waals surface area contributed by atoms with Gasteiger partial charge in [-0.2, -0.15) is 0 Å². The van der Waals surface area contributed by atoms with E-state index in [1.165, 1.54) is 0 Å². The van der Waals surface area contributed by atoms with E-state index < -0.39 is 41.6 Å². The number of aromatic nitrogens is 1. The number of aliphatic hydroxyl groups excluding tert-OH is 1. The third-order valence-electron chi connectivity index (χ3n) is 10.1. The summed E-state index contributed by atoms with van der Waals surface area (Å²) in [5.74, 6) is -0.717. The van der Waals surface area contributed by atoms with Gasteiger partial charge in [0.05, 0.1) is 0 Å². The first-order valence-electron chi connectivity index (χ1n) is 16.8. The number of hydrogen-bond acceptors (Lipinski definition) is 8. The third kappa shape index (κ3) is 5.24. The van der Waals surface area contributed by atoms with Gasteiger partial charge in [-0.05, 0) is 47.9 Å². The number of rotatable bonds is 6. The summed E-state index contributed by atoms with van der Waals surface area (Å²) in [6.07, 6.45) is 3.35. The van der Waals surface area contributed by atoms with E-state index in [0.717, 1.165) is 54.5 Å². The fraction of sp³-hybridized carbons (Fsp3) is 0.500. The van der Waals surface area contributed by atoms with Crippen LogP contribution in [0, 0.1) is 11.8 Å². The van der Waals surface area contributed by atoms with Gasteiger partial charge in [0, 0.05) is 23.7 Å². The van der Waals surface area contributed by atoms with Crippen molar-refractivity contribution in [2.45, 2.75) is 102 Å². The molecule has 0 radical (unpaired) electrons. The van der Waals surface area contributed by atoms with E-state index in [1.807, 2.05) is 56.3 Å². The van der Waals surface area contributed by atoms with Gasteiger partial charge in [-0.3, -0.25) is 14.4 Å². The van der Waals surface area contributed by atoms with Gasteiger partial charge in [0.25, 0.3) is 5.91 Å². The van der Waals surface area contributed by atoms with Crippen molar-refractivity contribution < 1.29 is 28.6 Å². The van der Waals surface area contributed by atoms with E-state index in [1.54, 1.807) is 13.8 Å². The van der Waals surface area contributed by atoms with Crippen molar-refractivity contribution in [3.8, 4) is 5.75 Å². The molecule has 1 aromatic heterocycles. The second-order valence-corrected chi connectivity index (χ2v) is 14.0. The number of anilines is 1. The Bertz CT molecular complexity index is 1710. The number of para-hydroxylation sites is 1. The molecule has 0 saturated heterocycles. The first kappa shape index (κ1) is 31.2. The van der Waals surface area contributed by atoms with Crippen LogP contribution >= 0.6 is 0 Å². The summed E-state index contributed by atoms with van der Waals surface area (Å²) in [5.41, 5.74) is 2.40.